The molecule has 1 unspecified atom stereocenters. The third-order valence-electron chi connectivity index (χ3n) is 3.48. The number of hydrogen-bond donors (Lipinski definition) is 1. The number of nitrogens with zero attached hydrogens (tertiary/aromatic N) is 3. The summed E-state index contributed by atoms with van der Waals surface area (Å²) in [5.74, 6) is 0. The molecule has 21 heavy (non-hydrogen) atoms. The van der Waals surface area contributed by atoms with E-state index in [-0.39, 0.29) is 6.04 Å². The van der Waals surface area contributed by atoms with Crippen LogP contribution in [0.5, 0.6) is 0 Å². The predicted octanol–water partition coefficient (Wildman–Crippen LogP) is 4.02. The van der Waals surface area contributed by atoms with Gasteiger partial charge >= 0.3 is 0 Å². The zero-order valence-electron chi connectivity index (χ0n) is 13.1. The highest BCUT2D eigenvalue weighted by Crippen LogP contribution is 2.27. The molecule has 0 radical (unpaired) electrons. The van der Waals surface area contributed by atoms with Gasteiger partial charge < -0.3 is 5.32 Å². The van der Waals surface area contributed by atoms with Crippen LogP contribution in [0.4, 0.5) is 0 Å². The Morgan fingerprint density at radius 1 is 1.38 bits per heavy atom. The number of thiazole rings is 1. The van der Waals surface area contributed by atoms with Gasteiger partial charge in [0.05, 0.1) is 32.6 Å². The van der Waals surface area contributed by atoms with E-state index in [0.717, 1.165) is 46.8 Å². The number of hydrogen-bond acceptors (Lipinski definition) is 4. The Morgan fingerprint density at radius 3 is 2.71 bits per heavy atom. The number of halogens is 1. The van der Waals surface area contributed by atoms with Gasteiger partial charge in [-0.25, -0.2) is 4.98 Å². The van der Waals surface area contributed by atoms with Crippen molar-refractivity contribution in [3.8, 4) is 0 Å². The normalized spacial score (nSPS) is 12.8. The van der Waals surface area contributed by atoms with Crippen LogP contribution in [-0.4, -0.2) is 21.3 Å². The first-order chi connectivity index (χ1) is 10.1. The van der Waals surface area contributed by atoms with E-state index in [9.17, 15) is 0 Å². The Kier molecular flexibility index (Phi) is 5.96. The van der Waals surface area contributed by atoms with Crippen LogP contribution in [0.25, 0.3) is 0 Å². The second kappa shape index (κ2) is 7.51. The summed E-state index contributed by atoms with van der Waals surface area (Å²) >= 11 is 5.40. The molecule has 0 amide bonds. The third-order valence-corrected chi connectivity index (χ3v) is 5.31. The zero-order chi connectivity index (χ0) is 15.4. The van der Waals surface area contributed by atoms with E-state index in [1.54, 1.807) is 11.3 Å². The first kappa shape index (κ1) is 16.6. The van der Waals surface area contributed by atoms with Crippen molar-refractivity contribution in [3.05, 3.63) is 31.9 Å². The van der Waals surface area contributed by atoms with Crippen LogP contribution in [0, 0.1) is 13.8 Å². The average Bonchev–Trinajstić information content (AvgIpc) is 3.01. The summed E-state index contributed by atoms with van der Waals surface area (Å²) in [6.45, 7) is 10.3. The van der Waals surface area contributed by atoms with Gasteiger partial charge in [-0.2, -0.15) is 5.10 Å². The summed E-state index contributed by atoms with van der Waals surface area (Å²) < 4.78 is 3.21. The van der Waals surface area contributed by atoms with Gasteiger partial charge in [-0.05, 0) is 49.7 Å². The SMILES string of the molecule is CCCNC(Cc1c(Br)c(C)nn1CC)c1csc(C)n1. The fraction of sp³-hybridized carbons (Fsp3) is 0.600. The quantitative estimate of drug-likeness (QED) is 0.799. The Morgan fingerprint density at radius 2 is 2.14 bits per heavy atom. The van der Waals surface area contributed by atoms with Crippen LogP contribution in [0.1, 0.15) is 48.4 Å². The second-order valence-corrected chi connectivity index (χ2v) is 7.02. The maximum absolute atomic E-state index is 4.66. The zero-order valence-corrected chi connectivity index (χ0v) is 15.5. The van der Waals surface area contributed by atoms with Gasteiger partial charge in [0.2, 0.25) is 0 Å². The maximum atomic E-state index is 4.66. The molecule has 0 aliphatic rings. The molecule has 0 saturated heterocycles. The van der Waals surface area contributed by atoms with E-state index in [1.165, 1.54) is 5.69 Å². The lowest BCUT2D eigenvalue weighted by molar-refractivity contribution is 0.494. The van der Waals surface area contributed by atoms with Gasteiger partial charge in [-0.3, -0.25) is 4.68 Å². The van der Waals surface area contributed by atoms with Crippen LogP contribution in [0.15, 0.2) is 9.85 Å². The van der Waals surface area contributed by atoms with Gasteiger partial charge in [0, 0.05) is 18.3 Å². The smallest absolute Gasteiger partial charge is 0.0898 e. The average molecular weight is 371 g/mol. The summed E-state index contributed by atoms with van der Waals surface area (Å²) in [6.07, 6.45) is 2.02. The van der Waals surface area contributed by atoms with Gasteiger partial charge in [0.1, 0.15) is 0 Å². The summed E-state index contributed by atoms with van der Waals surface area (Å²) in [5, 5.41) is 11.5. The molecule has 0 aromatic carbocycles. The van der Waals surface area contributed by atoms with Crippen molar-refractivity contribution in [1.82, 2.24) is 20.1 Å². The monoisotopic (exact) mass is 370 g/mol. The van der Waals surface area contributed by atoms with Crippen LogP contribution in [0.3, 0.4) is 0 Å². The number of nitrogens with one attached hydrogen (secondary N) is 1. The topological polar surface area (TPSA) is 42.7 Å². The van der Waals surface area contributed by atoms with Crippen LogP contribution in [0.2, 0.25) is 0 Å². The molecular weight excluding hydrogens is 348 g/mol. The molecule has 2 aromatic heterocycles. The lowest BCUT2D eigenvalue weighted by Gasteiger charge is -2.17. The van der Waals surface area contributed by atoms with Crippen molar-refractivity contribution < 1.29 is 0 Å². The van der Waals surface area contributed by atoms with Crippen molar-refractivity contribution >= 4 is 27.3 Å². The van der Waals surface area contributed by atoms with Gasteiger partial charge in [-0.15, -0.1) is 11.3 Å². The molecule has 116 valence electrons. The molecule has 0 spiro atoms. The van der Waals surface area contributed by atoms with E-state index in [0.29, 0.717) is 0 Å². The standard InChI is InChI=1S/C15H23BrN4S/c1-5-7-17-12(13-9-21-11(4)18-13)8-14-15(16)10(3)19-20(14)6-2/h9,12,17H,5-8H2,1-4H3. The van der Waals surface area contributed by atoms with E-state index in [1.807, 2.05) is 6.92 Å². The molecule has 4 nitrogen and oxygen atoms in total. The first-order valence-corrected chi connectivity index (χ1v) is 9.11. The van der Waals surface area contributed by atoms with Gasteiger partial charge in [0.25, 0.3) is 0 Å². The number of rotatable bonds is 7. The Balaban J connectivity index is 2.26. The van der Waals surface area contributed by atoms with Crippen molar-refractivity contribution in [2.45, 2.75) is 53.1 Å². The molecule has 2 rings (SSSR count). The Bertz CT molecular complexity index is 591. The van der Waals surface area contributed by atoms with Crippen molar-refractivity contribution in [3.63, 3.8) is 0 Å². The molecule has 0 aliphatic heterocycles. The lowest BCUT2D eigenvalue weighted by atomic mass is 10.1. The van der Waals surface area contributed by atoms with Crippen LogP contribution >= 0.6 is 27.3 Å². The van der Waals surface area contributed by atoms with E-state index in [2.05, 4.69) is 62.2 Å². The fourth-order valence-corrected chi connectivity index (χ4v) is 3.51. The molecular formula is C15H23BrN4S. The molecule has 0 bridgehead atoms. The largest absolute Gasteiger partial charge is 0.308 e. The fourth-order valence-electron chi connectivity index (χ4n) is 2.40. The van der Waals surface area contributed by atoms with Gasteiger partial charge in [0.15, 0.2) is 0 Å². The number of aryl methyl sites for hydroxylation is 3. The second-order valence-electron chi connectivity index (χ2n) is 5.16. The third kappa shape index (κ3) is 3.93. The molecule has 2 heterocycles. The molecule has 0 aliphatic carbocycles. The van der Waals surface area contributed by atoms with Crippen molar-refractivity contribution in [1.29, 1.82) is 0 Å². The summed E-state index contributed by atoms with van der Waals surface area (Å²) in [6, 6.07) is 0.243. The van der Waals surface area contributed by atoms with E-state index < -0.39 is 0 Å². The van der Waals surface area contributed by atoms with Crippen molar-refractivity contribution in [2.75, 3.05) is 6.54 Å². The molecule has 0 fully saturated rings. The minimum Gasteiger partial charge on any atom is -0.308 e. The molecule has 6 heteroatoms. The highest BCUT2D eigenvalue weighted by Gasteiger charge is 2.20. The maximum Gasteiger partial charge on any atom is 0.0898 e. The molecule has 1 N–H and O–H groups in total. The van der Waals surface area contributed by atoms with E-state index in [4.69, 9.17) is 0 Å². The minimum atomic E-state index is 0.243. The minimum absolute atomic E-state index is 0.243. The van der Waals surface area contributed by atoms with Crippen LogP contribution in [-0.2, 0) is 13.0 Å². The molecule has 2 aromatic rings. The summed E-state index contributed by atoms with van der Waals surface area (Å²) in [7, 11) is 0. The summed E-state index contributed by atoms with van der Waals surface area (Å²) in [5.41, 5.74) is 3.43. The summed E-state index contributed by atoms with van der Waals surface area (Å²) in [4.78, 5) is 4.66. The first-order valence-electron chi connectivity index (χ1n) is 7.44. The lowest BCUT2D eigenvalue weighted by Crippen LogP contribution is -2.25. The van der Waals surface area contributed by atoms with Crippen LogP contribution < -0.4 is 5.32 Å². The Labute approximate surface area is 139 Å². The molecule has 0 saturated carbocycles. The highest BCUT2D eigenvalue weighted by molar-refractivity contribution is 9.10. The van der Waals surface area contributed by atoms with E-state index >= 15 is 0 Å². The number of aromatic nitrogens is 3. The molecule has 1 atom stereocenters. The van der Waals surface area contributed by atoms with Crippen molar-refractivity contribution in [2.24, 2.45) is 0 Å². The Hall–Kier alpha value is -0.720. The van der Waals surface area contributed by atoms with Gasteiger partial charge in [-0.1, -0.05) is 6.92 Å². The highest BCUT2D eigenvalue weighted by atomic mass is 79.9. The predicted molar refractivity (Wildman–Crippen MR) is 91.9 cm³/mol.